The maximum absolute atomic E-state index is 12.1. The third kappa shape index (κ3) is 3.93. The maximum atomic E-state index is 12.1. The van der Waals surface area contributed by atoms with E-state index in [0.29, 0.717) is 19.1 Å². The fourth-order valence-corrected chi connectivity index (χ4v) is 4.36. The molecule has 2 rings (SSSR count). The molecule has 2 saturated heterocycles. The number of rotatable bonds is 4. The van der Waals surface area contributed by atoms with E-state index >= 15 is 0 Å². The lowest BCUT2D eigenvalue weighted by Crippen LogP contribution is -2.46. The molecule has 1 amide bonds. The van der Waals surface area contributed by atoms with E-state index in [1.165, 1.54) is 10.6 Å². The van der Waals surface area contributed by atoms with Crippen molar-refractivity contribution in [3.63, 3.8) is 0 Å². The van der Waals surface area contributed by atoms with Crippen molar-refractivity contribution in [1.82, 2.24) is 14.9 Å². The summed E-state index contributed by atoms with van der Waals surface area (Å²) < 4.78 is 24.8. The zero-order valence-electron chi connectivity index (χ0n) is 12.3. The Bertz CT molecular complexity index is 452. The fourth-order valence-electron chi connectivity index (χ4n) is 3.18. The van der Waals surface area contributed by atoms with Gasteiger partial charge in [0.15, 0.2) is 0 Å². The Morgan fingerprint density at radius 1 is 1.40 bits per heavy atom. The van der Waals surface area contributed by atoms with E-state index in [-0.39, 0.29) is 17.9 Å². The first-order chi connectivity index (χ1) is 9.38. The van der Waals surface area contributed by atoms with Gasteiger partial charge in [-0.25, -0.2) is 8.42 Å². The Hall–Kier alpha value is -0.660. The molecule has 2 N–H and O–H groups in total. The van der Waals surface area contributed by atoms with Crippen molar-refractivity contribution in [3.05, 3.63) is 0 Å². The Morgan fingerprint density at radius 3 is 2.80 bits per heavy atom. The standard InChI is InChI=1S/C13H25N3O3S/c1-10-8-11(5-6-14-10)13(17)15-9-12-4-3-7-16(12)20(2,18)19/h10-12,14H,3-9H2,1-2H3,(H,15,17)/t10-,11-,12+/m0/s1. The van der Waals surface area contributed by atoms with Crippen LogP contribution in [0.15, 0.2) is 0 Å². The summed E-state index contributed by atoms with van der Waals surface area (Å²) in [6.07, 6.45) is 4.65. The van der Waals surface area contributed by atoms with Crippen LogP contribution >= 0.6 is 0 Å². The van der Waals surface area contributed by atoms with Gasteiger partial charge in [-0.3, -0.25) is 4.79 Å². The van der Waals surface area contributed by atoms with Crippen LogP contribution in [0.3, 0.4) is 0 Å². The number of nitrogens with one attached hydrogen (secondary N) is 2. The molecule has 2 heterocycles. The average molecular weight is 303 g/mol. The molecule has 2 aliphatic rings. The minimum atomic E-state index is -3.16. The third-order valence-electron chi connectivity index (χ3n) is 4.26. The molecule has 0 aromatic rings. The molecular formula is C13H25N3O3S. The number of nitrogens with zero attached hydrogens (tertiary/aromatic N) is 1. The summed E-state index contributed by atoms with van der Waals surface area (Å²) in [6, 6.07) is 0.298. The van der Waals surface area contributed by atoms with E-state index in [9.17, 15) is 13.2 Å². The molecule has 6 nitrogen and oxygen atoms in total. The summed E-state index contributed by atoms with van der Waals surface area (Å²) in [4.78, 5) is 12.1. The van der Waals surface area contributed by atoms with Gasteiger partial charge < -0.3 is 10.6 Å². The molecule has 116 valence electrons. The van der Waals surface area contributed by atoms with Gasteiger partial charge in [-0.15, -0.1) is 0 Å². The largest absolute Gasteiger partial charge is 0.354 e. The first-order valence-electron chi connectivity index (χ1n) is 7.36. The van der Waals surface area contributed by atoms with E-state index in [1.54, 1.807) is 0 Å². The van der Waals surface area contributed by atoms with Gasteiger partial charge in [-0.05, 0) is 39.2 Å². The van der Waals surface area contributed by atoms with Crippen LogP contribution in [0.2, 0.25) is 0 Å². The van der Waals surface area contributed by atoms with Crippen molar-refractivity contribution in [2.24, 2.45) is 5.92 Å². The lowest BCUT2D eigenvalue weighted by atomic mass is 9.92. The molecule has 0 aromatic heterocycles. The van der Waals surface area contributed by atoms with Crippen LogP contribution in [0.1, 0.15) is 32.6 Å². The highest BCUT2D eigenvalue weighted by molar-refractivity contribution is 7.88. The zero-order chi connectivity index (χ0) is 14.8. The summed E-state index contributed by atoms with van der Waals surface area (Å²) >= 11 is 0. The zero-order valence-corrected chi connectivity index (χ0v) is 13.1. The molecule has 0 bridgehead atoms. The molecule has 0 aromatic carbocycles. The lowest BCUT2D eigenvalue weighted by molar-refractivity contribution is -0.126. The second-order valence-electron chi connectivity index (χ2n) is 5.99. The van der Waals surface area contributed by atoms with Gasteiger partial charge in [0.1, 0.15) is 0 Å². The van der Waals surface area contributed by atoms with Crippen molar-refractivity contribution in [2.45, 2.75) is 44.7 Å². The quantitative estimate of drug-likeness (QED) is 0.761. The number of carbonyl (C=O) groups is 1. The molecule has 0 spiro atoms. The molecule has 7 heteroatoms. The Labute approximate surface area is 121 Å². The second kappa shape index (κ2) is 6.41. The van der Waals surface area contributed by atoms with Crippen LogP contribution in [-0.2, 0) is 14.8 Å². The molecule has 0 radical (unpaired) electrons. The van der Waals surface area contributed by atoms with Gasteiger partial charge in [0, 0.05) is 31.1 Å². The summed E-state index contributed by atoms with van der Waals surface area (Å²) in [6.45, 7) is 3.97. The fraction of sp³-hybridized carbons (Fsp3) is 0.923. The monoisotopic (exact) mass is 303 g/mol. The number of carbonyl (C=O) groups excluding carboxylic acids is 1. The number of amides is 1. The van der Waals surface area contributed by atoms with Crippen molar-refractivity contribution in [3.8, 4) is 0 Å². The average Bonchev–Trinajstić information content (AvgIpc) is 2.84. The topological polar surface area (TPSA) is 78.5 Å². The van der Waals surface area contributed by atoms with Gasteiger partial charge in [0.2, 0.25) is 15.9 Å². The molecule has 0 unspecified atom stereocenters. The van der Waals surface area contributed by atoms with E-state index in [0.717, 1.165) is 32.2 Å². The van der Waals surface area contributed by atoms with Gasteiger partial charge in [-0.1, -0.05) is 0 Å². The van der Waals surface area contributed by atoms with Crippen LogP contribution in [0.4, 0.5) is 0 Å². The van der Waals surface area contributed by atoms with Crippen LogP contribution in [-0.4, -0.2) is 56.6 Å². The summed E-state index contributed by atoms with van der Waals surface area (Å²) in [5.41, 5.74) is 0. The molecular weight excluding hydrogens is 278 g/mol. The highest BCUT2D eigenvalue weighted by Gasteiger charge is 2.32. The third-order valence-corrected chi connectivity index (χ3v) is 5.59. The van der Waals surface area contributed by atoms with Crippen molar-refractivity contribution >= 4 is 15.9 Å². The number of hydrogen-bond acceptors (Lipinski definition) is 4. The van der Waals surface area contributed by atoms with E-state index in [2.05, 4.69) is 17.6 Å². The summed E-state index contributed by atoms with van der Waals surface area (Å²) in [5.74, 6) is 0.123. The van der Waals surface area contributed by atoms with E-state index in [1.807, 2.05) is 0 Å². The highest BCUT2D eigenvalue weighted by Crippen LogP contribution is 2.20. The minimum Gasteiger partial charge on any atom is -0.354 e. The Kier molecular flexibility index (Phi) is 5.04. The highest BCUT2D eigenvalue weighted by atomic mass is 32.2. The number of sulfonamides is 1. The van der Waals surface area contributed by atoms with Crippen LogP contribution in [0.25, 0.3) is 0 Å². The number of hydrogen-bond donors (Lipinski definition) is 2. The van der Waals surface area contributed by atoms with Crippen LogP contribution < -0.4 is 10.6 Å². The number of piperidine rings is 1. The van der Waals surface area contributed by atoms with Gasteiger partial charge in [-0.2, -0.15) is 4.31 Å². The Morgan fingerprint density at radius 2 is 2.15 bits per heavy atom. The second-order valence-corrected chi connectivity index (χ2v) is 7.93. The maximum Gasteiger partial charge on any atom is 0.223 e. The minimum absolute atomic E-state index is 0.0549. The first-order valence-corrected chi connectivity index (χ1v) is 9.20. The van der Waals surface area contributed by atoms with Crippen molar-refractivity contribution < 1.29 is 13.2 Å². The normalized spacial score (nSPS) is 32.2. The molecule has 2 fully saturated rings. The Balaban J connectivity index is 1.84. The molecule has 2 aliphatic heterocycles. The van der Waals surface area contributed by atoms with Gasteiger partial charge in [0.05, 0.1) is 6.26 Å². The van der Waals surface area contributed by atoms with Gasteiger partial charge in [0.25, 0.3) is 0 Å². The molecule has 0 aliphatic carbocycles. The predicted molar refractivity (Wildman–Crippen MR) is 77.8 cm³/mol. The van der Waals surface area contributed by atoms with Crippen molar-refractivity contribution in [2.75, 3.05) is 25.9 Å². The van der Waals surface area contributed by atoms with Gasteiger partial charge >= 0.3 is 0 Å². The molecule has 0 saturated carbocycles. The smallest absolute Gasteiger partial charge is 0.223 e. The SMILES string of the molecule is C[C@H]1C[C@@H](C(=O)NC[C@H]2CCCN2S(C)(=O)=O)CCN1. The molecule has 20 heavy (non-hydrogen) atoms. The summed E-state index contributed by atoms with van der Waals surface area (Å²) in [7, 11) is -3.16. The van der Waals surface area contributed by atoms with Crippen LogP contribution in [0.5, 0.6) is 0 Å². The lowest BCUT2D eigenvalue weighted by Gasteiger charge is -2.28. The van der Waals surface area contributed by atoms with Crippen molar-refractivity contribution in [1.29, 1.82) is 0 Å². The predicted octanol–water partition coefficient (Wildman–Crippen LogP) is -0.0853. The van der Waals surface area contributed by atoms with Crippen LogP contribution in [0, 0.1) is 5.92 Å². The van der Waals surface area contributed by atoms with E-state index < -0.39 is 10.0 Å². The van der Waals surface area contributed by atoms with E-state index in [4.69, 9.17) is 0 Å². The molecule has 3 atom stereocenters. The first kappa shape index (κ1) is 15.7. The summed E-state index contributed by atoms with van der Waals surface area (Å²) in [5, 5.41) is 6.27.